The van der Waals surface area contributed by atoms with Crippen molar-refractivity contribution >= 4 is 27.5 Å². The Balaban J connectivity index is 1.92. The van der Waals surface area contributed by atoms with Crippen LogP contribution >= 0.6 is 27.5 Å². The molecule has 118 valence electrons. The van der Waals surface area contributed by atoms with Crippen LogP contribution in [0.5, 0.6) is 11.5 Å². The fraction of sp³-hybridized carbons (Fsp3) is 0.250. The largest absolute Gasteiger partial charge is 0.490 e. The summed E-state index contributed by atoms with van der Waals surface area (Å²) in [6.07, 6.45) is 0. The average Bonchev–Trinajstić information content (AvgIpc) is 2.47. The van der Waals surface area contributed by atoms with E-state index in [0.717, 1.165) is 15.8 Å². The topological polar surface area (TPSA) is 30.5 Å². The lowest BCUT2D eigenvalue weighted by molar-refractivity contribution is 0.215. The molecule has 0 heterocycles. The SMILES string of the molecule is CNCc1cc(Cl)cc(Br)c1OCCOc1ccc(F)cc1. The standard InChI is InChI=1S/C16H16BrClFNO2/c1-20-10-11-8-12(18)9-15(17)16(11)22-7-6-21-14-4-2-13(19)3-5-14/h2-5,8-9,20H,6-7,10H2,1H3. The van der Waals surface area contributed by atoms with E-state index >= 15 is 0 Å². The van der Waals surface area contributed by atoms with Gasteiger partial charge in [-0.15, -0.1) is 0 Å². The van der Waals surface area contributed by atoms with Crippen molar-refractivity contribution in [3.8, 4) is 11.5 Å². The van der Waals surface area contributed by atoms with Crippen molar-refractivity contribution in [2.45, 2.75) is 6.54 Å². The zero-order valence-corrected chi connectivity index (χ0v) is 14.4. The lowest BCUT2D eigenvalue weighted by atomic mass is 10.2. The van der Waals surface area contributed by atoms with Gasteiger partial charge in [-0.3, -0.25) is 0 Å². The summed E-state index contributed by atoms with van der Waals surface area (Å²) in [6, 6.07) is 9.53. The molecule has 2 rings (SSSR count). The number of halogens is 3. The fourth-order valence-corrected chi connectivity index (χ4v) is 2.92. The van der Waals surface area contributed by atoms with Crippen molar-refractivity contribution in [2.75, 3.05) is 20.3 Å². The molecule has 2 aromatic rings. The van der Waals surface area contributed by atoms with Gasteiger partial charge in [0.25, 0.3) is 0 Å². The van der Waals surface area contributed by atoms with Gasteiger partial charge >= 0.3 is 0 Å². The second-order valence-corrected chi connectivity index (χ2v) is 5.85. The minimum Gasteiger partial charge on any atom is -0.490 e. The van der Waals surface area contributed by atoms with Gasteiger partial charge in [-0.1, -0.05) is 11.6 Å². The predicted octanol–water partition coefficient (Wildman–Crippen LogP) is 4.42. The summed E-state index contributed by atoms with van der Waals surface area (Å²) in [7, 11) is 1.86. The van der Waals surface area contributed by atoms with Crippen LogP contribution in [-0.2, 0) is 6.54 Å². The molecule has 6 heteroatoms. The Morgan fingerprint density at radius 1 is 1.14 bits per heavy atom. The van der Waals surface area contributed by atoms with Gasteiger partial charge < -0.3 is 14.8 Å². The van der Waals surface area contributed by atoms with Crippen LogP contribution in [0.3, 0.4) is 0 Å². The van der Waals surface area contributed by atoms with E-state index in [2.05, 4.69) is 21.2 Å². The number of hydrogen-bond acceptors (Lipinski definition) is 3. The molecule has 0 fully saturated rings. The van der Waals surface area contributed by atoms with Crippen LogP contribution in [0.25, 0.3) is 0 Å². The molecular formula is C16H16BrClFNO2. The molecule has 0 saturated heterocycles. The zero-order valence-electron chi connectivity index (χ0n) is 12.0. The summed E-state index contributed by atoms with van der Waals surface area (Å²) >= 11 is 9.50. The Morgan fingerprint density at radius 3 is 2.50 bits per heavy atom. The summed E-state index contributed by atoms with van der Waals surface area (Å²) in [5.41, 5.74) is 0.962. The van der Waals surface area contributed by atoms with Gasteiger partial charge in [0.2, 0.25) is 0 Å². The first-order chi connectivity index (χ1) is 10.6. The smallest absolute Gasteiger partial charge is 0.138 e. The van der Waals surface area contributed by atoms with E-state index in [0.29, 0.717) is 30.5 Å². The maximum Gasteiger partial charge on any atom is 0.138 e. The lowest BCUT2D eigenvalue weighted by Crippen LogP contribution is -2.12. The van der Waals surface area contributed by atoms with Crippen molar-refractivity contribution in [3.05, 3.63) is 57.3 Å². The Bertz CT molecular complexity index is 622. The van der Waals surface area contributed by atoms with Crippen molar-refractivity contribution in [2.24, 2.45) is 0 Å². The molecule has 0 amide bonds. The summed E-state index contributed by atoms with van der Waals surface area (Å²) in [5, 5.41) is 3.72. The van der Waals surface area contributed by atoms with Crippen molar-refractivity contribution < 1.29 is 13.9 Å². The van der Waals surface area contributed by atoms with E-state index in [9.17, 15) is 4.39 Å². The third-order valence-corrected chi connectivity index (χ3v) is 3.67. The Hall–Kier alpha value is -1.30. The molecule has 0 aromatic heterocycles. The van der Waals surface area contributed by atoms with E-state index in [-0.39, 0.29) is 5.82 Å². The van der Waals surface area contributed by atoms with Gasteiger partial charge in [-0.05, 0) is 59.4 Å². The van der Waals surface area contributed by atoms with Crippen LogP contribution in [0.2, 0.25) is 5.02 Å². The van der Waals surface area contributed by atoms with Gasteiger partial charge in [-0.25, -0.2) is 4.39 Å². The highest BCUT2D eigenvalue weighted by Gasteiger charge is 2.10. The van der Waals surface area contributed by atoms with Crippen LogP contribution in [0.1, 0.15) is 5.56 Å². The minimum absolute atomic E-state index is 0.287. The van der Waals surface area contributed by atoms with Crippen LogP contribution in [0.4, 0.5) is 4.39 Å². The quantitative estimate of drug-likeness (QED) is 0.712. The number of ether oxygens (including phenoxy) is 2. The average molecular weight is 389 g/mol. The Kier molecular flexibility index (Phi) is 6.49. The highest BCUT2D eigenvalue weighted by Crippen LogP contribution is 2.32. The molecule has 0 aliphatic carbocycles. The molecule has 0 atom stereocenters. The van der Waals surface area contributed by atoms with Crippen LogP contribution in [-0.4, -0.2) is 20.3 Å². The lowest BCUT2D eigenvalue weighted by Gasteiger charge is -2.14. The first-order valence-electron chi connectivity index (χ1n) is 6.74. The maximum atomic E-state index is 12.8. The molecule has 0 unspecified atom stereocenters. The summed E-state index contributed by atoms with van der Waals surface area (Å²) in [4.78, 5) is 0. The van der Waals surface area contributed by atoms with Crippen molar-refractivity contribution in [1.29, 1.82) is 0 Å². The normalized spacial score (nSPS) is 10.5. The highest BCUT2D eigenvalue weighted by atomic mass is 79.9. The molecule has 0 spiro atoms. The Labute approximate surface area is 142 Å². The van der Waals surface area contributed by atoms with Crippen molar-refractivity contribution in [3.63, 3.8) is 0 Å². The molecule has 0 aliphatic heterocycles. The molecular weight excluding hydrogens is 373 g/mol. The number of hydrogen-bond donors (Lipinski definition) is 1. The van der Waals surface area contributed by atoms with E-state index in [1.807, 2.05) is 13.1 Å². The van der Waals surface area contributed by atoms with Gasteiger partial charge in [0.1, 0.15) is 30.5 Å². The predicted molar refractivity (Wildman–Crippen MR) is 89.3 cm³/mol. The minimum atomic E-state index is -0.287. The second-order valence-electron chi connectivity index (χ2n) is 4.56. The van der Waals surface area contributed by atoms with Crippen LogP contribution in [0, 0.1) is 5.82 Å². The first-order valence-corrected chi connectivity index (χ1v) is 7.91. The summed E-state index contributed by atoms with van der Waals surface area (Å²) in [5.74, 6) is 1.06. The van der Waals surface area contributed by atoms with E-state index < -0.39 is 0 Å². The van der Waals surface area contributed by atoms with E-state index in [1.54, 1.807) is 18.2 Å². The number of rotatable bonds is 7. The monoisotopic (exact) mass is 387 g/mol. The van der Waals surface area contributed by atoms with E-state index in [1.165, 1.54) is 12.1 Å². The van der Waals surface area contributed by atoms with Crippen LogP contribution < -0.4 is 14.8 Å². The third-order valence-electron chi connectivity index (χ3n) is 2.86. The summed E-state index contributed by atoms with van der Waals surface area (Å²) < 4.78 is 24.9. The maximum absolute atomic E-state index is 12.8. The van der Waals surface area contributed by atoms with Gasteiger partial charge in [0.15, 0.2) is 0 Å². The zero-order chi connectivity index (χ0) is 15.9. The fourth-order valence-electron chi connectivity index (χ4n) is 1.93. The molecule has 3 nitrogen and oxygen atoms in total. The summed E-state index contributed by atoms with van der Waals surface area (Å²) in [6.45, 7) is 1.38. The van der Waals surface area contributed by atoms with Gasteiger partial charge in [0, 0.05) is 17.1 Å². The molecule has 0 radical (unpaired) electrons. The third kappa shape index (κ3) is 4.87. The van der Waals surface area contributed by atoms with Gasteiger partial charge in [-0.2, -0.15) is 0 Å². The number of benzene rings is 2. The molecule has 2 aromatic carbocycles. The van der Waals surface area contributed by atoms with Crippen molar-refractivity contribution in [1.82, 2.24) is 5.32 Å². The number of nitrogens with one attached hydrogen (secondary N) is 1. The van der Waals surface area contributed by atoms with Gasteiger partial charge in [0.05, 0.1) is 4.47 Å². The molecule has 0 aliphatic rings. The second kappa shape index (κ2) is 8.36. The molecule has 1 N–H and O–H groups in total. The molecule has 22 heavy (non-hydrogen) atoms. The molecule has 0 bridgehead atoms. The van der Waals surface area contributed by atoms with E-state index in [4.69, 9.17) is 21.1 Å². The van der Waals surface area contributed by atoms with Crippen LogP contribution in [0.15, 0.2) is 40.9 Å². The first kappa shape index (κ1) is 17.1. The Morgan fingerprint density at radius 2 is 1.82 bits per heavy atom. The highest BCUT2D eigenvalue weighted by molar-refractivity contribution is 9.10. The molecule has 0 saturated carbocycles.